The van der Waals surface area contributed by atoms with Crippen molar-refractivity contribution in [3.8, 4) is 11.4 Å². The lowest BCUT2D eigenvalue weighted by molar-refractivity contribution is 0.628. The Hall–Kier alpha value is -2.01. The van der Waals surface area contributed by atoms with Gasteiger partial charge in [-0.15, -0.1) is 11.3 Å². The average Bonchev–Trinajstić information content (AvgIpc) is 2.66. The molecule has 5 heteroatoms. The standard InChI is InChI=1S/C14H12FN3S/c1-7-8(2)19-14-11(7)12(16)17-13(18-14)9-3-5-10(15)6-4-9/h3-6H,1-2H3,(H2,16,17,18). The van der Waals surface area contributed by atoms with E-state index >= 15 is 0 Å². The van der Waals surface area contributed by atoms with Crippen LogP contribution in [0.2, 0.25) is 0 Å². The first-order valence-electron chi connectivity index (χ1n) is 5.85. The summed E-state index contributed by atoms with van der Waals surface area (Å²) < 4.78 is 12.9. The maximum Gasteiger partial charge on any atom is 0.163 e. The highest BCUT2D eigenvalue weighted by Gasteiger charge is 2.13. The predicted octanol–water partition coefficient (Wildman–Crippen LogP) is 3.70. The van der Waals surface area contributed by atoms with E-state index in [-0.39, 0.29) is 5.82 Å². The summed E-state index contributed by atoms with van der Waals surface area (Å²) in [6.07, 6.45) is 0. The van der Waals surface area contributed by atoms with Gasteiger partial charge < -0.3 is 5.73 Å². The Kier molecular flexibility index (Phi) is 2.71. The number of aryl methyl sites for hydroxylation is 2. The van der Waals surface area contributed by atoms with Crippen molar-refractivity contribution in [2.75, 3.05) is 5.73 Å². The number of halogens is 1. The van der Waals surface area contributed by atoms with Gasteiger partial charge in [-0.3, -0.25) is 0 Å². The summed E-state index contributed by atoms with van der Waals surface area (Å²) in [6.45, 7) is 4.06. The summed E-state index contributed by atoms with van der Waals surface area (Å²) >= 11 is 1.60. The highest BCUT2D eigenvalue weighted by Crippen LogP contribution is 2.33. The topological polar surface area (TPSA) is 51.8 Å². The third-order valence-electron chi connectivity index (χ3n) is 3.16. The van der Waals surface area contributed by atoms with Crippen LogP contribution in [0.5, 0.6) is 0 Å². The SMILES string of the molecule is Cc1sc2nc(-c3ccc(F)cc3)nc(N)c2c1C. The summed E-state index contributed by atoms with van der Waals surface area (Å²) in [5.41, 5.74) is 7.91. The number of nitrogen functional groups attached to an aromatic ring is 1. The molecule has 0 aliphatic carbocycles. The second kappa shape index (κ2) is 4.28. The van der Waals surface area contributed by atoms with Gasteiger partial charge in [0.1, 0.15) is 16.5 Å². The number of fused-ring (bicyclic) bond motifs is 1. The minimum Gasteiger partial charge on any atom is -0.383 e. The Balaban J connectivity index is 2.23. The third-order valence-corrected chi connectivity index (χ3v) is 4.26. The monoisotopic (exact) mass is 273 g/mol. The van der Waals surface area contributed by atoms with E-state index in [0.717, 1.165) is 21.3 Å². The maximum absolute atomic E-state index is 12.9. The molecule has 2 N–H and O–H groups in total. The minimum atomic E-state index is -0.277. The first kappa shape index (κ1) is 12.0. The molecule has 0 saturated carbocycles. The third kappa shape index (κ3) is 1.96. The molecule has 3 nitrogen and oxygen atoms in total. The summed E-state index contributed by atoms with van der Waals surface area (Å²) in [6, 6.07) is 6.10. The van der Waals surface area contributed by atoms with Crippen LogP contribution in [0, 0.1) is 19.7 Å². The van der Waals surface area contributed by atoms with Crippen molar-refractivity contribution >= 4 is 27.4 Å². The van der Waals surface area contributed by atoms with Crippen LogP contribution in [-0.4, -0.2) is 9.97 Å². The highest BCUT2D eigenvalue weighted by molar-refractivity contribution is 7.18. The molecule has 0 atom stereocenters. The van der Waals surface area contributed by atoms with Crippen LogP contribution >= 0.6 is 11.3 Å². The number of anilines is 1. The second-order valence-electron chi connectivity index (χ2n) is 4.40. The molecule has 0 amide bonds. The molecule has 3 aromatic rings. The zero-order chi connectivity index (χ0) is 13.6. The fraction of sp³-hybridized carbons (Fsp3) is 0.143. The second-order valence-corrected chi connectivity index (χ2v) is 5.61. The molecule has 2 aromatic heterocycles. The van der Waals surface area contributed by atoms with Crippen LogP contribution in [0.3, 0.4) is 0 Å². The van der Waals surface area contributed by atoms with Gasteiger partial charge in [0.2, 0.25) is 0 Å². The van der Waals surface area contributed by atoms with Gasteiger partial charge in [-0.05, 0) is 43.7 Å². The summed E-state index contributed by atoms with van der Waals surface area (Å²) in [5.74, 6) is 0.734. The Morgan fingerprint density at radius 3 is 2.47 bits per heavy atom. The Morgan fingerprint density at radius 1 is 1.11 bits per heavy atom. The molecule has 0 aliphatic heterocycles. The quantitative estimate of drug-likeness (QED) is 0.735. The Morgan fingerprint density at radius 2 is 1.79 bits per heavy atom. The molecule has 1 aromatic carbocycles. The smallest absolute Gasteiger partial charge is 0.163 e. The molecule has 0 bridgehead atoms. The largest absolute Gasteiger partial charge is 0.383 e. The van der Waals surface area contributed by atoms with Gasteiger partial charge in [-0.1, -0.05) is 0 Å². The van der Waals surface area contributed by atoms with Crippen molar-refractivity contribution in [1.29, 1.82) is 0 Å². The molecular formula is C14H12FN3S. The molecule has 0 unspecified atom stereocenters. The number of nitrogens with two attached hydrogens (primary N) is 1. The minimum absolute atomic E-state index is 0.277. The number of benzene rings is 1. The molecule has 3 rings (SSSR count). The molecular weight excluding hydrogens is 261 g/mol. The molecule has 96 valence electrons. The molecule has 0 saturated heterocycles. The first-order chi connectivity index (χ1) is 9.06. The van der Waals surface area contributed by atoms with Gasteiger partial charge in [0.05, 0.1) is 5.39 Å². The zero-order valence-electron chi connectivity index (χ0n) is 10.6. The number of nitrogens with zero attached hydrogens (tertiary/aromatic N) is 2. The average molecular weight is 273 g/mol. The molecule has 19 heavy (non-hydrogen) atoms. The van der Waals surface area contributed by atoms with Crippen molar-refractivity contribution in [3.05, 3.63) is 40.5 Å². The van der Waals surface area contributed by atoms with Crippen LogP contribution in [-0.2, 0) is 0 Å². The van der Waals surface area contributed by atoms with E-state index in [9.17, 15) is 4.39 Å². The fourth-order valence-corrected chi connectivity index (χ4v) is 3.05. The van der Waals surface area contributed by atoms with E-state index in [2.05, 4.69) is 9.97 Å². The number of rotatable bonds is 1. The van der Waals surface area contributed by atoms with Crippen LogP contribution in [0.1, 0.15) is 10.4 Å². The van der Waals surface area contributed by atoms with Crippen LogP contribution in [0.15, 0.2) is 24.3 Å². The van der Waals surface area contributed by atoms with Gasteiger partial charge in [0.25, 0.3) is 0 Å². The number of hydrogen-bond donors (Lipinski definition) is 1. The van der Waals surface area contributed by atoms with E-state index in [1.807, 2.05) is 13.8 Å². The molecule has 0 aliphatic rings. The van der Waals surface area contributed by atoms with Gasteiger partial charge in [0, 0.05) is 10.4 Å². The number of hydrogen-bond acceptors (Lipinski definition) is 4. The van der Waals surface area contributed by atoms with E-state index in [1.165, 1.54) is 17.0 Å². The van der Waals surface area contributed by atoms with Gasteiger partial charge in [-0.2, -0.15) is 0 Å². The fourth-order valence-electron chi connectivity index (χ4n) is 2.01. The Labute approximate surface area is 113 Å². The zero-order valence-corrected chi connectivity index (χ0v) is 11.4. The maximum atomic E-state index is 12.9. The molecule has 0 radical (unpaired) electrons. The van der Waals surface area contributed by atoms with E-state index in [4.69, 9.17) is 5.73 Å². The van der Waals surface area contributed by atoms with Crippen molar-refractivity contribution in [1.82, 2.24) is 9.97 Å². The highest BCUT2D eigenvalue weighted by atomic mass is 32.1. The van der Waals surface area contributed by atoms with Gasteiger partial charge in [0.15, 0.2) is 5.82 Å². The van der Waals surface area contributed by atoms with Gasteiger partial charge in [-0.25, -0.2) is 14.4 Å². The van der Waals surface area contributed by atoms with Gasteiger partial charge >= 0.3 is 0 Å². The van der Waals surface area contributed by atoms with Crippen LogP contribution < -0.4 is 5.73 Å². The van der Waals surface area contributed by atoms with E-state index in [1.54, 1.807) is 23.5 Å². The van der Waals surface area contributed by atoms with E-state index < -0.39 is 0 Å². The number of aromatic nitrogens is 2. The molecule has 0 fully saturated rings. The summed E-state index contributed by atoms with van der Waals surface area (Å²) in [4.78, 5) is 10.9. The summed E-state index contributed by atoms with van der Waals surface area (Å²) in [5, 5.41) is 0.924. The van der Waals surface area contributed by atoms with Crippen molar-refractivity contribution in [2.24, 2.45) is 0 Å². The van der Waals surface area contributed by atoms with E-state index in [0.29, 0.717) is 11.6 Å². The predicted molar refractivity (Wildman–Crippen MR) is 76.7 cm³/mol. The first-order valence-corrected chi connectivity index (χ1v) is 6.67. The van der Waals surface area contributed by atoms with Crippen molar-refractivity contribution in [3.63, 3.8) is 0 Å². The lowest BCUT2D eigenvalue weighted by Gasteiger charge is -2.03. The Bertz CT molecular complexity index is 762. The van der Waals surface area contributed by atoms with Crippen LogP contribution in [0.4, 0.5) is 10.2 Å². The summed E-state index contributed by atoms with van der Waals surface area (Å²) in [7, 11) is 0. The molecule has 2 heterocycles. The van der Waals surface area contributed by atoms with Crippen molar-refractivity contribution < 1.29 is 4.39 Å². The lowest BCUT2D eigenvalue weighted by Crippen LogP contribution is -1.97. The lowest BCUT2D eigenvalue weighted by atomic mass is 10.2. The number of thiophene rings is 1. The molecule has 0 spiro atoms. The van der Waals surface area contributed by atoms with Crippen LogP contribution in [0.25, 0.3) is 21.6 Å². The van der Waals surface area contributed by atoms with Crippen molar-refractivity contribution in [2.45, 2.75) is 13.8 Å². The normalized spacial score (nSPS) is 11.1.